The lowest BCUT2D eigenvalue weighted by atomic mass is 9.96. The van der Waals surface area contributed by atoms with Gasteiger partial charge in [0.1, 0.15) is 0 Å². The van der Waals surface area contributed by atoms with Crippen LogP contribution < -0.4 is 5.32 Å². The molecule has 0 saturated heterocycles. The van der Waals surface area contributed by atoms with Gasteiger partial charge in [-0.2, -0.15) is 0 Å². The van der Waals surface area contributed by atoms with Crippen molar-refractivity contribution in [1.29, 1.82) is 0 Å². The fourth-order valence-corrected chi connectivity index (χ4v) is 3.37. The molecule has 4 rings (SSSR count). The van der Waals surface area contributed by atoms with E-state index in [0.717, 1.165) is 41.8 Å². The topological polar surface area (TPSA) is 85.6 Å². The van der Waals surface area contributed by atoms with Crippen molar-refractivity contribution in [3.05, 3.63) is 84.2 Å². The minimum atomic E-state index is -0.168. The van der Waals surface area contributed by atoms with E-state index in [0.29, 0.717) is 17.9 Å². The van der Waals surface area contributed by atoms with Crippen molar-refractivity contribution in [2.24, 2.45) is 0 Å². The summed E-state index contributed by atoms with van der Waals surface area (Å²) in [4.78, 5) is 17.1. The average Bonchev–Trinajstić information content (AvgIpc) is 3.30. The summed E-state index contributed by atoms with van der Waals surface area (Å²) in [5.74, 6) is 0.491. The molecule has 0 atom stereocenters. The number of hydrogen-bond acceptors (Lipinski definition) is 5. The lowest BCUT2D eigenvalue weighted by Crippen LogP contribution is -2.23. The Morgan fingerprint density at radius 3 is 2.61 bits per heavy atom. The molecule has 0 aliphatic heterocycles. The fourth-order valence-electron chi connectivity index (χ4n) is 3.37. The number of hydrogen-bond donors (Lipinski definition) is 1. The number of carbonyl (C=O) groups excluding carboxylic acids is 1. The Hall–Kier alpha value is -3.87. The molecule has 2 heterocycles. The predicted octanol–water partition coefficient (Wildman–Crippen LogP) is 4.13. The van der Waals surface area contributed by atoms with E-state index in [1.54, 1.807) is 10.9 Å². The number of nitrogens with one attached hydrogen (secondary N) is 1. The SMILES string of the molecule is CCCCn1nnnc1-c1cc(C(=O)NCc2ccccn2)ccc1-c1ccccc1. The first-order valence-electron chi connectivity index (χ1n) is 10.4. The molecule has 0 spiro atoms. The second-order valence-corrected chi connectivity index (χ2v) is 7.21. The number of amides is 1. The van der Waals surface area contributed by atoms with Gasteiger partial charge in [-0.15, -0.1) is 5.10 Å². The average molecular weight is 412 g/mol. The quantitative estimate of drug-likeness (QED) is 0.470. The zero-order chi connectivity index (χ0) is 21.5. The zero-order valence-electron chi connectivity index (χ0n) is 17.4. The Balaban J connectivity index is 1.68. The van der Waals surface area contributed by atoms with Crippen molar-refractivity contribution in [1.82, 2.24) is 30.5 Å². The molecular formula is C24H24N6O. The molecule has 0 aliphatic carbocycles. The van der Waals surface area contributed by atoms with Crippen LogP contribution in [0.15, 0.2) is 72.9 Å². The first-order valence-corrected chi connectivity index (χ1v) is 10.4. The molecule has 0 unspecified atom stereocenters. The molecule has 0 bridgehead atoms. The second kappa shape index (κ2) is 9.75. The molecule has 7 nitrogen and oxygen atoms in total. The monoisotopic (exact) mass is 412 g/mol. The van der Waals surface area contributed by atoms with Crippen LogP contribution in [0.25, 0.3) is 22.5 Å². The van der Waals surface area contributed by atoms with Crippen LogP contribution in [0.3, 0.4) is 0 Å². The van der Waals surface area contributed by atoms with Crippen LogP contribution in [0, 0.1) is 0 Å². The van der Waals surface area contributed by atoms with E-state index < -0.39 is 0 Å². The summed E-state index contributed by atoms with van der Waals surface area (Å²) in [5.41, 5.74) is 4.21. The second-order valence-electron chi connectivity index (χ2n) is 7.21. The van der Waals surface area contributed by atoms with E-state index in [9.17, 15) is 4.79 Å². The number of benzene rings is 2. The predicted molar refractivity (Wildman–Crippen MR) is 119 cm³/mol. The van der Waals surface area contributed by atoms with E-state index in [2.05, 4.69) is 32.7 Å². The Bertz CT molecular complexity index is 1140. The van der Waals surface area contributed by atoms with Gasteiger partial charge in [0.15, 0.2) is 5.82 Å². The minimum Gasteiger partial charge on any atom is -0.346 e. The zero-order valence-corrected chi connectivity index (χ0v) is 17.4. The lowest BCUT2D eigenvalue weighted by Gasteiger charge is -2.13. The van der Waals surface area contributed by atoms with E-state index in [1.165, 1.54) is 0 Å². The Morgan fingerprint density at radius 1 is 1.00 bits per heavy atom. The summed E-state index contributed by atoms with van der Waals surface area (Å²) in [6.45, 7) is 3.22. The van der Waals surface area contributed by atoms with Gasteiger partial charge in [-0.05, 0) is 52.2 Å². The van der Waals surface area contributed by atoms with Gasteiger partial charge in [-0.1, -0.05) is 55.8 Å². The van der Waals surface area contributed by atoms with Crippen molar-refractivity contribution >= 4 is 5.91 Å². The van der Waals surface area contributed by atoms with E-state index in [4.69, 9.17) is 0 Å². The van der Waals surface area contributed by atoms with Gasteiger partial charge in [0.2, 0.25) is 0 Å². The first-order chi connectivity index (χ1) is 15.3. The number of aryl methyl sites for hydroxylation is 1. The van der Waals surface area contributed by atoms with Crippen LogP contribution in [0.4, 0.5) is 0 Å². The van der Waals surface area contributed by atoms with Gasteiger partial charge in [-0.25, -0.2) is 4.68 Å². The maximum atomic E-state index is 12.8. The van der Waals surface area contributed by atoms with Crippen LogP contribution in [-0.4, -0.2) is 31.1 Å². The fraction of sp³-hybridized carbons (Fsp3) is 0.208. The summed E-state index contributed by atoms with van der Waals surface area (Å²) < 4.78 is 1.81. The van der Waals surface area contributed by atoms with E-state index in [-0.39, 0.29) is 5.91 Å². The Labute approximate surface area is 181 Å². The van der Waals surface area contributed by atoms with Crippen molar-refractivity contribution in [3.63, 3.8) is 0 Å². The van der Waals surface area contributed by atoms with Crippen molar-refractivity contribution in [2.45, 2.75) is 32.9 Å². The summed E-state index contributed by atoms with van der Waals surface area (Å²) in [6.07, 6.45) is 3.73. The Morgan fingerprint density at radius 2 is 1.84 bits per heavy atom. The molecule has 156 valence electrons. The van der Waals surface area contributed by atoms with Crippen molar-refractivity contribution in [3.8, 4) is 22.5 Å². The third kappa shape index (κ3) is 4.83. The number of pyridine rings is 1. The number of unbranched alkanes of at least 4 members (excludes halogenated alkanes) is 1. The number of carbonyl (C=O) groups is 1. The minimum absolute atomic E-state index is 0.168. The molecular weight excluding hydrogens is 388 g/mol. The van der Waals surface area contributed by atoms with Gasteiger partial charge in [0.25, 0.3) is 5.91 Å². The molecule has 7 heteroatoms. The molecule has 31 heavy (non-hydrogen) atoms. The molecule has 1 N–H and O–H groups in total. The number of nitrogens with zero attached hydrogens (tertiary/aromatic N) is 5. The van der Waals surface area contributed by atoms with Gasteiger partial charge in [0, 0.05) is 23.9 Å². The molecule has 0 aliphatic rings. The molecule has 4 aromatic rings. The van der Waals surface area contributed by atoms with E-state index in [1.807, 2.05) is 66.7 Å². The molecule has 2 aromatic heterocycles. The summed E-state index contributed by atoms with van der Waals surface area (Å²) in [6, 6.07) is 21.3. The van der Waals surface area contributed by atoms with Gasteiger partial charge < -0.3 is 5.32 Å². The third-order valence-corrected chi connectivity index (χ3v) is 5.02. The van der Waals surface area contributed by atoms with Crippen LogP contribution in [0.5, 0.6) is 0 Å². The highest BCUT2D eigenvalue weighted by Gasteiger charge is 2.17. The van der Waals surface area contributed by atoms with Crippen LogP contribution in [-0.2, 0) is 13.1 Å². The normalized spacial score (nSPS) is 10.7. The first kappa shape index (κ1) is 20.4. The smallest absolute Gasteiger partial charge is 0.251 e. The van der Waals surface area contributed by atoms with Gasteiger partial charge in [-0.3, -0.25) is 9.78 Å². The van der Waals surface area contributed by atoms with Crippen LogP contribution >= 0.6 is 0 Å². The Kier molecular flexibility index (Phi) is 6.42. The highest BCUT2D eigenvalue weighted by molar-refractivity contribution is 5.97. The van der Waals surface area contributed by atoms with Crippen molar-refractivity contribution in [2.75, 3.05) is 0 Å². The largest absolute Gasteiger partial charge is 0.346 e. The molecule has 2 aromatic carbocycles. The number of rotatable bonds is 8. The van der Waals surface area contributed by atoms with Crippen LogP contribution in [0.1, 0.15) is 35.8 Å². The van der Waals surface area contributed by atoms with E-state index >= 15 is 0 Å². The summed E-state index contributed by atoms with van der Waals surface area (Å²) in [7, 11) is 0. The number of aromatic nitrogens is 5. The number of tetrazole rings is 1. The maximum absolute atomic E-state index is 12.8. The lowest BCUT2D eigenvalue weighted by molar-refractivity contribution is 0.0950. The third-order valence-electron chi connectivity index (χ3n) is 5.02. The standard InChI is InChI=1S/C24H24N6O/c1-2-3-15-30-23(27-28-29-30)22-16-19(12-13-21(22)18-9-5-4-6-10-18)24(31)26-17-20-11-7-8-14-25-20/h4-14,16H,2-3,15,17H2,1H3,(H,26,31). The molecule has 1 amide bonds. The van der Waals surface area contributed by atoms with Gasteiger partial charge >= 0.3 is 0 Å². The molecule has 0 radical (unpaired) electrons. The highest BCUT2D eigenvalue weighted by Crippen LogP contribution is 2.31. The molecule has 0 fully saturated rings. The van der Waals surface area contributed by atoms with Crippen LogP contribution in [0.2, 0.25) is 0 Å². The molecule has 0 saturated carbocycles. The summed E-state index contributed by atoms with van der Waals surface area (Å²) >= 11 is 0. The van der Waals surface area contributed by atoms with Crippen molar-refractivity contribution < 1.29 is 4.79 Å². The summed E-state index contributed by atoms with van der Waals surface area (Å²) in [5, 5.41) is 15.3. The maximum Gasteiger partial charge on any atom is 0.251 e. The van der Waals surface area contributed by atoms with Gasteiger partial charge in [0.05, 0.1) is 12.2 Å². The highest BCUT2D eigenvalue weighted by atomic mass is 16.1.